The second-order valence-electron chi connectivity index (χ2n) is 6.21. The first kappa shape index (κ1) is 20.3. The Bertz CT molecular complexity index is 1070. The fraction of sp³-hybridized carbons (Fsp3) is 0.263. The van der Waals surface area contributed by atoms with Crippen LogP contribution in [0.1, 0.15) is 12.0 Å². The zero-order chi connectivity index (χ0) is 20.9. The first-order chi connectivity index (χ1) is 13.8. The fourth-order valence-electron chi connectivity index (χ4n) is 2.58. The van der Waals surface area contributed by atoms with Crippen molar-refractivity contribution in [1.82, 2.24) is 20.3 Å². The number of nitrogens with zero attached hydrogens (tertiary/aromatic N) is 3. The third kappa shape index (κ3) is 5.77. The van der Waals surface area contributed by atoms with Crippen molar-refractivity contribution in [2.24, 2.45) is 0 Å². The lowest BCUT2D eigenvalue weighted by molar-refractivity contribution is -0.153. The van der Waals surface area contributed by atoms with Crippen LogP contribution in [-0.2, 0) is 17.9 Å². The monoisotopic (exact) mass is 406 g/mol. The van der Waals surface area contributed by atoms with E-state index in [9.17, 15) is 22.8 Å². The summed E-state index contributed by atoms with van der Waals surface area (Å²) in [6.45, 7) is -1.22. The summed E-state index contributed by atoms with van der Waals surface area (Å²) < 4.78 is 42.5. The van der Waals surface area contributed by atoms with E-state index in [0.29, 0.717) is 16.5 Å². The van der Waals surface area contributed by atoms with E-state index in [0.717, 1.165) is 4.68 Å². The summed E-state index contributed by atoms with van der Waals surface area (Å²) in [5.41, 5.74) is 0.726. The highest BCUT2D eigenvalue weighted by Gasteiger charge is 2.28. The number of aryl methyl sites for hydroxylation is 1. The number of fused-ring (bicyclic) bond motifs is 1. The van der Waals surface area contributed by atoms with Crippen LogP contribution in [0.4, 0.5) is 13.2 Å². The number of carbonyl (C=O) groups is 1. The van der Waals surface area contributed by atoms with E-state index in [1.54, 1.807) is 30.3 Å². The third-order valence-corrected chi connectivity index (χ3v) is 3.97. The van der Waals surface area contributed by atoms with E-state index in [1.807, 2.05) is 0 Å². The Labute approximate surface area is 163 Å². The van der Waals surface area contributed by atoms with Crippen LogP contribution < -0.4 is 15.6 Å². The molecular weight excluding hydrogens is 389 g/mol. The van der Waals surface area contributed by atoms with Crippen LogP contribution in [0.5, 0.6) is 5.75 Å². The maximum Gasteiger partial charge on any atom is 0.422 e. The minimum absolute atomic E-state index is 0.00279. The van der Waals surface area contributed by atoms with Crippen molar-refractivity contribution < 1.29 is 22.7 Å². The van der Waals surface area contributed by atoms with Crippen LogP contribution >= 0.6 is 0 Å². The molecule has 0 atom stereocenters. The number of alkyl halides is 3. The lowest BCUT2D eigenvalue weighted by Crippen LogP contribution is -2.29. The Hall–Kier alpha value is -3.43. The number of ether oxygens (including phenoxy) is 1. The van der Waals surface area contributed by atoms with Gasteiger partial charge >= 0.3 is 6.18 Å². The topological polar surface area (TPSA) is 86.1 Å². The van der Waals surface area contributed by atoms with Gasteiger partial charge in [0.1, 0.15) is 11.3 Å². The molecule has 0 radical (unpaired) electrons. The molecule has 1 N–H and O–H groups in total. The molecular formula is C19H17F3N4O3. The molecule has 0 fully saturated rings. The lowest BCUT2D eigenvalue weighted by Gasteiger charge is -2.11. The van der Waals surface area contributed by atoms with Crippen LogP contribution in [0.15, 0.2) is 53.3 Å². The van der Waals surface area contributed by atoms with Gasteiger partial charge < -0.3 is 10.1 Å². The van der Waals surface area contributed by atoms with E-state index in [2.05, 4.69) is 20.4 Å². The van der Waals surface area contributed by atoms with Crippen molar-refractivity contribution in [3.63, 3.8) is 0 Å². The Kier molecular flexibility index (Phi) is 6.10. The Morgan fingerprint density at radius 3 is 2.72 bits per heavy atom. The van der Waals surface area contributed by atoms with E-state index in [4.69, 9.17) is 0 Å². The summed E-state index contributed by atoms with van der Waals surface area (Å²) >= 11 is 0. The molecule has 1 amide bonds. The number of rotatable bonds is 7. The fourth-order valence-corrected chi connectivity index (χ4v) is 2.58. The Balaban J connectivity index is 1.53. The minimum Gasteiger partial charge on any atom is -0.484 e. The molecule has 7 nitrogen and oxygen atoms in total. The van der Waals surface area contributed by atoms with Crippen LogP contribution in [0.25, 0.3) is 10.9 Å². The quantitative estimate of drug-likeness (QED) is 0.651. The Morgan fingerprint density at radius 2 is 1.93 bits per heavy atom. The van der Waals surface area contributed by atoms with Gasteiger partial charge in [0.25, 0.3) is 5.56 Å². The second-order valence-corrected chi connectivity index (χ2v) is 6.21. The Morgan fingerprint density at radius 1 is 1.14 bits per heavy atom. The van der Waals surface area contributed by atoms with Gasteiger partial charge in [-0.25, -0.2) is 4.68 Å². The van der Waals surface area contributed by atoms with Gasteiger partial charge in [0.15, 0.2) is 6.61 Å². The van der Waals surface area contributed by atoms with E-state index < -0.39 is 12.8 Å². The molecule has 152 valence electrons. The first-order valence-electron chi connectivity index (χ1n) is 8.69. The molecule has 29 heavy (non-hydrogen) atoms. The second kappa shape index (κ2) is 8.72. The van der Waals surface area contributed by atoms with Gasteiger partial charge in [0, 0.05) is 13.0 Å². The van der Waals surface area contributed by atoms with Gasteiger partial charge in [-0.1, -0.05) is 29.5 Å². The standard InChI is InChI=1S/C19H17F3N4O3/c20-19(21,22)12-29-14-5-3-4-13(10-14)11-23-17(27)8-9-26-18(28)15-6-1-2-7-16(15)24-25-26/h1-7,10H,8-9,11-12H2,(H,23,27). The molecule has 0 unspecified atom stereocenters. The van der Waals surface area contributed by atoms with Crippen molar-refractivity contribution in [3.8, 4) is 5.75 Å². The maximum absolute atomic E-state index is 12.3. The summed E-state index contributed by atoms with van der Waals surface area (Å²) in [5.74, 6) is -0.277. The van der Waals surface area contributed by atoms with E-state index >= 15 is 0 Å². The molecule has 0 aliphatic heterocycles. The molecule has 10 heteroatoms. The predicted octanol–water partition coefficient (Wildman–Crippen LogP) is 2.44. The van der Waals surface area contributed by atoms with Crippen LogP contribution in [0.3, 0.4) is 0 Å². The largest absolute Gasteiger partial charge is 0.484 e. The summed E-state index contributed by atoms with van der Waals surface area (Å²) in [6.07, 6.45) is -4.43. The van der Waals surface area contributed by atoms with Crippen molar-refractivity contribution in [2.75, 3.05) is 6.61 Å². The van der Waals surface area contributed by atoms with Crippen molar-refractivity contribution in [1.29, 1.82) is 0 Å². The summed E-state index contributed by atoms with van der Waals surface area (Å²) in [5, 5.41) is 10.8. The third-order valence-electron chi connectivity index (χ3n) is 3.97. The molecule has 0 spiro atoms. The van der Waals surface area contributed by atoms with Gasteiger partial charge in [0.05, 0.1) is 11.9 Å². The van der Waals surface area contributed by atoms with Crippen molar-refractivity contribution in [3.05, 3.63) is 64.4 Å². The number of carbonyl (C=O) groups excluding carboxylic acids is 1. The smallest absolute Gasteiger partial charge is 0.422 e. The van der Waals surface area contributed by atoms with Crippen LogP contribution in [0.2, 0.25) is 0 Å². The number of hydrogen-bond donors (Lipinski definition) is 1. The summed E-state index contributed by atoms with van der Waals surface area (Å²) in [7, 11) is 0. The SMILES string of the molecule is O=C(CCn1nnc2ccccc2c1=O)NCc1cccc(OCC(F)(F)F)c1. The van der Waals surface area contributed by atoms with Gasteiger partial charge in [-0.3, -0.25) is 9.59 Å². The number of amides is 1. The molecule has 0 saturated heterocycles. The molecule has 3 rings (SSSR count). The normalized spacial score (nSPS) is 11.4. The number of halogens is 3. The maximum atomic E-state index is 12.3. The molecule has 0 aliphatic carbocycles. The van der Waals surface area contributed by atoms with E-state index in [-0.39, 0.29) is 36.7 Å². The summed E-state index contributed by atoms with van der Waals surface area (Å²) in [6, 6.07) is 12.8. The molecule has 1 aromatic heterocycles. The number of hydrogen-bond acceptors (Lipinski definition) is 5. The van der Waals surface area contributed by atoms with Crippen molar-refractivity contribution >= 4 is 16.8 Å². The predicted molar refractivity (Wildman–Crippen MR) is 98.3 cm³/mol. The van der Waals surface area contributed by atoms with Crippen molar-refractivity contribution in [2.45, 2.75) is 25.7 Å². The van der Waals surface area contributed by atoms with Gasteiger partial charge in [-0.15, -0.1) is 5.10 Å². The highest BCUT2D eigenvalue weighted by Crippen LogP contribution is 2.19. The molecule has 2 aromatic carbocycles. The van der Waals surface area contributed by atoms with E-state index in [1.165, 1.54) is 18.2 Å². The number of benzene rings is 2. The molecule has 0 bridgehead atoms. The van der Waals surface area contributed by atoms with Crippen LogP contribution in [0, 0.1) is 0 Å². The van der Waals surface area contributed by atoms with Gasteiger partial charge in [-0.05, 0) is 29.8 Å². The number of nitrogens with one attached hydrogen (secondary N) is 1. The first-order valence-corrected chi connectivity index (χ1v) is 8.69. The molecule has 0 aliphatic rings. The molecule has 3 aromatic rings. The van der Waals surface area contributed by atoms with Gasteiger partial charge in [-0.2, -0.15) is 13.2 Å². The van der Waals surface area contributed by atoms with Gasteiger partial charge in [0.2, 0.25) is 5.91 Å². The number of aromatic nitrogens is 3. The minimum atomic E-state index is -4.42. The van der Waals surface area contributed by atoms with Crippen LogP contribution in [-0.4, -0.2) is 33.7 Å². The molecule has 1 heterocycles. The molecule has 0 saturated carbocycles. The summed E-state index contributed by atoms with van der Waals surface area (Å²) in [4.78, 5) is 24.4. The highest BCUT2D eigenvalue weighted by atomic mass is 19.4. The highest BCUT2D eigenvalue weighted by molar-refractivity contribution is 5.77. The zero-order valence-corrected chi connectivity index (χ0v) is 15.1. The average molecular weight is 406 g/mol. The average Bonchev–Trinajstić information content (AvgIpc) is 2.70. The zero-order valence-electron chi connectivity index (χ0n) is 15.1. The lowest BCUT2D eigenvalue weighted by atomic mass is 10.2.